The lowest BCUT2D eigenvalue weighted by molar-refractivity contribution is 0.336. The molecule has 0 heterocycles. The van der Waals surface area contributed by atoms with Crippen LogP contribution >= 0.6 is 10.3 Å². The fraction of sp³-hybridized carbons (Fsp3) is 0.273. The van der Waals surface area contributed by atoms with Gasteiger partial charge in [-0.05, 0) is 94.7 Å². The Kier molecular flexibility index (Phi) is 10.8. The maximum atomic E-state index is 6.85. The minimum Gasteiger partial charge on any atom is -0.457 e. The van der Waals surface area contributed by atoms with Gasteiger partial charge in [-0.3, -0.25) is 0 Å². The van der Waals surface area contributed by atoms with E-state index in [-0.39, 0.29) is 6.17 Å². The van der Waals surface area contributed by atoms with E-state index in [2.05, 4.69) is 87.8 Å². The van der Waals surface area contributed by atoms with E-state index in [9.17, 15) is 0 Å². The fourth-order valence-electron chi connectivity index (χ4n) is 4.25. The molecule has 0 saturated carbocycles. The Bertz CT molecular complexity index is 1140. The Hall–Kier alpha value is -3.05. The first-order valence-electron chi connectivity index (χ1n) is 12.9. The van der Waals surface area contributed by atoms with Gasteiger partial charge in [0.05, 0.1) is 6.61 Å². The summed E-state index contributed by atoms with van der Waals surface area (Å²) in [5, 5.41) is 3.57. The summed E-state index contributed by atoms with van der Waals surface area (Å²) in [6, 6.07) is 28.8. The van der Waals surface area contributed by atoms with E-state index in [1.807, 2.05) is 54.6 Å². The third-order valence-corrected chi connectivity index (χ3v) is 10.2. The van der Waals surface area contributed by atoms with Crippen molar-refractivity contribution in [3.8, 4) is 11.5 Å². The van der Waals surface area contributed by atoms with E-state index in [0.717, 1.165) is 42.3 Å². The maximum Gasteiger partial charge on any atom is 0.127 e. The van der Waals surface area contributed by atoms with Gasteiger partial charge in [-0.2, -0.15) is 0 Å². The molecule has 0 amide bonds. The number of hydrogen-bond acceptors (Lipinski definition) is 3. The van der Waals surface area contributed by atoms with Crippen molar-refractivity contribution >= 4 is 10.3 Å². The SMILES string of the molecule is C=C/C=C(\C=C)S(OCCCNCCc1ccc(Oc2ccccc2)cc1)(c1ccccc1)C(C)(C)C.[HH]. The highest BCUT2D eigenvalue weighted by Crippen LogP contribution is 2.71. The second-order valence-corrected chi connectivity index (χ2v) is 13.2. The number of nitrogens with one attached hydrogen (secondary N) is 1. The number of ether oxygens (including phenoxy) is 1. The molecular formula is C33H43NO2S. The van der Waals surface area contributed by atoms with Crippen LogP contribution in [-0.2, 0) is 10.6 Å². The van der Waals surface area contributed by atoms with E-state index in [1.54, 1.807) is 0 Å². The summed E-state index contributed by atoms with van der Waals surface area (Å²) < 4.78 is 12.6. The lowest BCUT2D eigenvalue weighted by atomic mass is 10.1. The van der Waals surface area contributed by atoms with Gasteiger partial charge in [-0.15, -0.1) is 0 Å². The molecule has 198 valence electrons. The van der Waals surface area contributed by atoms with Gasteiger partial charge in [0.1, 0.15) is 11.5 Å². The number of allylic oxidation sites excluding steroid dienone is 3. The molecule has 0 saturated heterocycles. The largest absolute Gasteiger partial charge is 0.457 e. The van der Waals surface area contributed by atoms with Crippen LogP contribution in [0.25, 0.3) is 0 Å². The van der Waals surface area contributed by atoms with Gasteiger partial charge < -0.3 is 14.2 Å². The molecule has 37 heavy (non-hydrogen) atoms. The van der Waals surface area contributed by atoms with Gasteiger partial charge in [-0.25, -0.2) is 0 Å². The molecule has 4 heteroatoms. The third-order valence-electron chi connectivity index (χ3n) is 6.00. The molecule has 0 aliphatic heterocycles. The lowest BCUT2D eigenvalue weighted by Crippen LogP contribution is -2.29. The summed E-state index contributed by atoms with van der Waals surface area (Å²) in [5.74, 6) is 1.71. The molecule has 0 aliphatic carbocycles. The molecule has 3 aromatic carbocycles. The van der Waals surface area contributed by atoms with Gasteiger partial charge in [0, 0.05) is 16.0 Å². The molecule has 0 aromatic heterocycles. The zero-order valence-electron chi connectivity index (χ0n) is 22.5. The van der Waals surface area contributed by atoms with E-state index < -0.39 is 10.3 Å². The molecule has 1 unspecified atom stereocenters. The highest BCUT2D eigenvalue weighted by atomic mass is 32.3. The number of hydrogen-bond donors (Lipinski definition) is 1. The van der Waals surface area contributed by atoms with Gasteiger partial charge in [0.25, 0.3) is 0 Å². The van der Waals surface area contributed by atoms with E-state index in [1.165, 1.54) is 10.5 Å². The zero-order valence-corrected chi connectivity index (χ0v) is 23.3. The van der Waals surface area contributed by atoms with Crippen LogP contribution in [0.5, 0.6) is 11.5 Å². The monoisotopic (exact) mass is 517 g/mol. The Morgan fingerprint density at radius 1 is 0.865 bits per heavy atom. The van der Waals surface area contributed by atoms with Crippen LogP contribution in [0, 0.1) is 0 Å². The number of benzene rings is 3. The Balaban J connectivity index is 0.00000507. The van der Waals surface area contributed by atoms with Crippen LogP contribution < -0.4 is 10.1 Å². The minimum atomic E-state index is -1.77. The van der Waals surface area contributed by atoms with Crippen molar-refractivity contribution in [1.82, 2.24) is 5.32 Å². The Morgan fingerprint density at radius 3 is 2.08 bits per heavy atom. The van der Waals surface area contributed by atoms with Crippen molar-refractivity contribution in [2.45, 2.75) is 43.3 Å². The van der Waals surface area contributed by atoms with Gasteiger partial charge in [0.2, 0.25) is 0 Å². The van der Waals surface area contributed by atoms with E-state index >= 15 is 0 Å². The molecule has 3 nitrogen and oxygen atoms in total. The number of para-hydroxylation sites is 1. The average Bonchev–Trinajstić information content (AvgIpc) is 2.90. The topological polar surface area (TPSA) is 30.5 Å². The average molecular weight is 518 g/mol. The molecule has 1 atom stereocenters. The summed E-state index contributed by atoms with van der Waals surface area (Å²) in [6.07, 6.45) is 7.72. The van der Waals surface area contributed by atoms with Crippen LogP contribution in [0.15, 0.2) is 126 Å². The molecule has 3 rings (SSSR count). The van der Waals surface area contributed by atoms with Crippen molar-refractivity contribution in [1.29, 1.82) is 0 Å². The summed E-state index contributed by atoms with van der Waals surface area (Å²) in [6.45, 7) is 17.3. The molecular weight excluding hydrogens is 474 g/mol. The second-order valence-electron chi connectivity index (χ2n) is 9.73. The van der Waals surface area contributed by atoms with Crippen molar-refractivity contribution in [2.24, 2.45) is 0 Å². The quantitative estimate of drug-likeness (QED) is 0.171. The molecule has 3 aromatic rings. The minimum absolute atomic E-state index is 0. The van der Waals surface area contributed by atoms with Gasteiger partial charge >= 0.3 is 0 Å². The molecule has 0 aliphatic rings. The van der Waals surface area contributed by atoms with Crippen LogP contribution in [0.2, 0.25) is 0 Å². The highest BCUT2D eigenvalue weighted by molar-refractivity contribution is 8.34. The summed E-state index contributed by atoms with van der Waals surface area (Å²) in [5.41, 5.74) is 1.29. The van der Waals surface area contributed by atoms with E-state index in [4.69, 9.17) is 8.92 Å². The van der Waals surface area contributed by atoms with Gasteiger partial charge in [0.15, 0.2) is 0 Å². The normalized spacial score (nSPS) is 14.4. The molecule has 1 N–H and O–H groups in total. The molecule has 0 bridgehead atoms. The third kappa shape index (κ3) is 7.72. The van der Waals surface area contributed by atoms with Crippen LogP contribution in [0.1, 0.15) is 34.2 Å². The first-order valence-corrected chi connectivity index (χ1v) is 14.5. The standard InChI is InChI=1S/C33H41NO2S.H2/c1-6-15-31(7-2)37(33(3,4)5,32-18-12-9-13-19-32)35-27-14-25-34-26-24-28-20-22-30(23-21-28)36-29-16-10-8-11-17-29;/h6-13,15-23,34H,1-2,14,24-27H2,3-5H3;1H/b31-15+;. The predicted octanol–water partition coefficient (Wildman–Crippen LogP) is 9.10. The first kappa shape index (κ1) is 28.5. The smallest absolute Gasteiger partial charge is 0.127 e. The molecule has 0 spiro atoms. The Labute approximate surface area is 226 Å². The number of rotatable bonds is 14. The molecule has 0 radical (unpaired) electrons. The van der Waals surface area contributed by atoms with E-state index in [0.29, 0.717) is 6.61 Å². The van der Waals surface area contributed by atoms with Crippen molar-refractivity contribution in [3.63, 3.8) is 0 Å². The van der Waals surface area contributed by atoms with Crippen LogP contribution in [-0.4, -0.2) is 24.4 Å². The highest BCUT2D eigenvalue weighted by Gasteiger charge is 2.41. The molecule has 0 fully saturated rings. The van der Waals surface area contributed by atoms with Gasteiger partial charge in [-0.1, -0.05) is 84.1 Å². The van der Waals surface area contributed by atoms with Crippen molar-refractivity contribution < 1.29 is 10.3 Å². The van der Waals surface area contributed by atoms with Crippen molar-refractivity contribution in [2.75, 3.05) is 19.7 Å². The Morgan fingerprint density at radius 2 is 1.49 bits per heavy atom. The maximum absolute atomic E-state index is 6.85. The van der Waals surface area contributed by atoms with Crippen LogP contribution in [0.4, 0.5) is 0 Å². The van der Waals surface area contributed by atoms with Crippen molar-refractivity contribution in [3.05, 3.63) is 127 Å². The summed E-state index contributed by atoms with van der Waals surface area (Å²) in [7, 11) is -1.77. The predicted molar refractivity (Wildman–Crippen MR) is 163 cm³/mol. The lowest BCUT2D eigenvalue weighted by Gasteiger charge is -2.51. The zero-order chi connectivity index (χ0) is 26.6. The fourth-order valence-corrected chi connectivity index (χ4v) is 8.00. The summed E-state index contributed by atoms with van der Waals surface area (Å²) in [4.78, 5) is 2.32. The van der Waals surface area contributed by atoms with Crippen LogP contribution in [0.3, 0.4) is 0 Å². The first-order chi connectivity index (χ1) is 17.9. The summed E-state index contributed by atoms with van der Waals surface area (Å²) >= 11 is 0. The second kappa shape index (κ2) is 14.0.